The van der Waals surface area contributed by atoms with E-state index < -0.39 is 23.6 Å². The summed E-state index contributed by atoms with van der Waals surface area (Å²) in [6, 6.07) is 1.72. The van der Waals surface area contributed by atoms with Gasteiger partial charge in [-0.3, -0.25) is 4.79 Å². The molecule has 0 aromatic heterocycles. The summed E-state index contributed by atoms with van der Waals surface area (Å²) in [4.78, 5) is 30.5. The van der Waals surface area contributed by atoms with E-state index in [2.05, 4.69) is 10.2 Å². The van der Waals surface area contributed by atoms with Gasteiger partial charge in [-0.2, -0.15) is 13.2 Å². The van der Waals surface area contributed by atoms with Crippen molar-refractivity contribution < 1.29 is 27.2 Å². The first-order valence-electron chi connectivity index (χ1n) is 10.7. The highest BCUT2D eigenvalue weighted by Crippen LogP contribution is 2.33. The summed E-state index contributed by atoms with van der Waals surface area (Å²) >= 11 is 0. The minimum absolute atomic E-state index is 0.0323. The average Bonchev–Trinajstić information content (AvgIpc) is 2.91. The van der Waals surface area contributed by atoms with Crippen molar-refractivity contribution in [2.45, 2.75) is 38.3 Å². The van der Waals surface area contributed by atoms with Crippen molar-refractivity contribution in [2.75, 3.05) is 51.1 Å². The highest BCUT2D eigenvalue weighted by molar-refractivity contribution is 5.90. The van der Waals surface area contributed by atoms with Gasteiger partial charge < -0.3 is 20.0 Å². The fraction of sp³-hybridized carbons (Fsp3) is 0.619. The number of hydrogen-bond acceptors (Lipinski definition) is 3. The quantitative estimate of drug-likeness (QED) is 0.704. The van der Waals surface area contributed by atoms with Crippen molar-refractivity contribution >= 4 is 17.6 Å². The number of nitrogens with zero attached hydrogens (tertiary/aromatic N) is 3. The summed E-state index contributed by atoms with van der Waals surface area (Å²) < 4.78 is 52.0. The number of anilines is 1. The number of piperidine rings is 1. The van der Waals surface area contributed by atoms with E-state index in [1.54, 1.807) is 4.90 Å². The largest absolute Gasteiger partial charge is 0.419 e. The van der Waals surface area contributed by atoms with Crippen LogP contribution in [0.4, 0.5) is 28.0 Å². The van der Waals surface area contributed by atoms with Crippen molar-refractivity contribution in [3.63, 3.8) is 0 Å². The molecule has 0 bridgehead atoms. The Balaban J connectivity index is 1.51. The molecule has 0 aliphatic carbocycles. The first-order valence-corrected chi connectivity index (χ1v) is 10.7. The third kappa shape index (κ3) is 6.56. The zero-order chi connectivity index (χ0) is 22.4. The maximum atomic E-state index is 13.4. The Morgan fingerprint density at radius 1 is 1.00 bits per heavy atom. The minimum Gasteiger partial charge on any atom is -0.341 e. The lowest BCUT2D eigenvalue weighted by atomic mass is 10.1. The maximum absolute atomic E-state index is 13.4. The third-order valence-electron chi connectivity index (χ3n) is 5.75. The Labute approximate surface area is 179 Å². The first-order chi connectivity index (χ1) is 14.7. The number of carbonyl (C=O) groups is 2. The molecule has 2 fully saturated rings. The molecule has 172 valence electrons. The zero-order valence-corrected chi connectivity index (χ0v) is 17.4. The molecule has 3 amide bonds. The molecule has 31 heavy (non-hydrogen) atoms. The van der Waals surface area contributed by atoms with Crippen LogP contribution in [0, 0.1) is 5.82 Å². The van der Waals surface area contributed by atoms with Gasteiger partial charge in [-0.25, -0.2) is 9.18 Å². The van der Waals surface area contributed by atoms with Gasteiger partial charge in [0.2, 0.25) is 5.91 Å². The van der Waals surface area contributed by atoms with Crippen molar-refractivity contribution in [3.05, 3.63) is 29.6 Å². The molecule has 2 aliphatic heterocycles. The monoisotopic (exact) mass is 444 g/mol. The predicted molar refractivity (Wildman–Crippen MR) is 108 cm³/mol. The molecular weight excluding hydrogens is 416 g/mol. The normalized spacial score (nSPS) is 18.8. The van der Waals surface area contributed by atoms with Gasteiger partial charge in [0.05, 0.1) is 5.56 Å². The van der Waals surface area contributed by atoms with Crippen LogP contribution < -0.4 is 5.32 Å². The van der Waals surface area contributed by atoms with Gasteiger partial charge in [-0.1, -0.05) is 6.42 Å². The van der Waals surface area contributed by atoms with Crippen LogP contribution >= 0.6 is 0 Å². The fourth-order valence-corrected chi connectivity index (χ4v) is 4.00. The Bertz CT molecular complexity index is 781. The topological polar surface area (TPSA) is 55.9 Å². The summed E-state index contributed by atoms with van der Waals surface area (Å²) in [5, 5.41) is 2.38. The van der Waals surface area contributed by atoms with Crippen molar-refractivity contribution in [3.8, 4) is 0 Å². The molecule has 0 saturated carbocycles. The summed E-state index contributed by atoms with van der Waals surface area (Å²) in [7, 11) is 0. The van der Waals surface area contributed by atoms with E-state index in [-0.39, 0.29) is 31.1 Å². The van der Waals surface area contributed by atoms with Gasteiger partial charge in [0.1, 0.15) is 5.82 Å². The van der Waals surface area contributed by atoms with Gasteiger partial charge >= 0.3 is 12.2 Å². The lowest BCUT2D eigenvalue weighted by Gasteiger charge is -2.28. The van der Waals surface area contributed by atoms with Crippen molar-refractivity contribution in [1.29, 1.82) is 0 Å². The van der Waals surface area contributed by atoms with Gasteiger partial charge in [0.25, 0.3) is 0 Å². The first kappa shape index (κ1) is 23.3. The molecule has 0 spiro atoms. The second kappa shape index (κ2) is 10.3. The summed E-state index contributed by atoms with van der Waals surface area (Å²) in [5.41, 5.74) is -1.58. The third-order valence-corrected chi connectivity index (χ3v) is 5.75. The number of alkyl halides is 3. The molecule has 2 aliphatic rings. The molecule has 0 unspecified atom stereocenters. The summed E-state index contributed by atoms with van der Waals surface area (Å²) in [6.07, 6.45) is -0.123. The van der Waals surface area contributed by atoms with Crippen LogP contribution in [0.1, 0.15) is 37.7 Å². The highest BCUT2D eigenvalue weighted by atomic mass is 19.4. The molecule has 1 aromatic rings. The number of hydrogen-bond donors (Lipinski definition) is 1. The van der Waals surface area contributed by atoms with Crippen LogP contribution in [0.2, 0.25) is 0 Å². The summed E-state index contributed by atoms with van der Waals surface area (Å²) in [5.74, 6) is -1.43. The molecular formula is C21H28F4N4O2. The number of amides is 3. The van der Waals surface area contributed by atoms with Crippen LogP contribution in [-0.4, -0.2) is 72.5 Å². The SMILES string of the molecule is O=C1CCN(C(=O)Nc2ccc(F)c(C(F)(F)F)c2)CCN1CCCN1CCCCC1. The Hall–Kier alpha value is -2.36. The predicted octanol–water partition coefficient (Wildman–Crippen LogP) is 3.79. The Morgan fingerprint density at radius 2 is 1.74 bits per heavy atom. The Morgan fingerprint density at radius 3 is 2.45 bits per heavy atom. The molecule has 2 saturated heterocycles. The van der Waals surface area contributed by atoms with E-state index in [1.807, 2.05) is 0 Å². The molecule has 1 N–H and O–H groups in total. The second-order valence-corrected chi connectivity index (χ2v) is 8.00. The van der Waals surface area contributed by atoms with Gasteiger partial charge in [-0.15, -0.1) is 0 Å². The van der Waals surface area contributed by atoms with E-state index in [1.165, 1.54) is 24.2 Å². The fourth-order valence-electron chi connectivity index (χ4n) is 4.00. The lowest BCUT2D eigenvalue weighted by molar-refractivity contribution is -0.140. The van der Waals surface area contributed by atoms with Crippen LogP contribution in [0.25, 0.3) is 0 Å². The number of carbonyl (C=O) groups excluding carboxylic acids is 2. The second-order valence-electron chi connectivity index (χ2n) is 8.00. The van der Waals surface area contributed by atoms with Gasteiger partial charge in [-0.05, 0) is 57.1 Å². The van der Waals surface area contributed by atoms with Crippen molar-refractivity contribution in [1.82, 2.24) is 14.7 Å². The van der Waals surface area contributed by atoms with E-state index in [0.29, 0.717) is 25.2 Å². The van der Waals surface area contributed by atoms with Crippen molar-refractivity contribution in [2.24, 2.45) is 0 Å². The van der Waals surface area contributed by atoms with E-state index in [0.717, 1.165) is 32.1 Å². The van der Waals surface area contributed by atoms with Crippen LogP contribution in [-0.2, 0) is 11.0 Å². The number of likely N-dealkylation sites (tertiary alicyclic amines) is 1. The van der Waals surface area contributed by atoms with Gasteiger partial charge in [0, 0.05) is 38.3 Å². The smallest absolute Gasteiger partial charge is 0.341 e. The number of nitrogens with one attached hydrogen (secondary N) is 1. The number of rotatable bonds is 5. The molecule has 0 atom stereocenters. The summed E-state index contributed by atoms with van der Waals surface area (Å²) in [6.45, 7) is 4.61. The average molecular weight is 444 g/mol. The van der Waals surface area contributed by atoms with Gasteiger partial charge in [0.15, 0.2) is 0 Å². The highest BCUT2D eigenvalue weighted by Gasteiger charge is 2.34. The van der Waals surface area contributed by atoms with Crippen LogP contribution in [0.15, 0.2) is 18.2 Å². The molecule has 6 nitrogen and oxygen atoms in total. The number of halogens is 4. The molecule has 3 rings (SSSR count). The maximum Gasteiger partial charge on any atom is 0.419 e. The number of benzene rings is 1. The minimum atomic E-state index is -4.85. The molecule has 1 aromatic carbocycles. The van der Waals surface area contributed by atoms with E-state index >= 15 is 0 Å². The lowest BCUT2D eigenvalue weighted by Crippen LogP contribution is -2.39. The molecule has 2 heterocycles. The standard InChI is InChI=1S/C21H28F4N4O2/c22-18-6-5-16(15-17(18)21(23,24)25)26-20(31)29-12-7-19(30)28(13-14-29)11-4-10-27-8-2-1-3-9-27/h5-6,15H,1-4,7-14H2,(H,26,31). The van der Waals surface area contributed by atoms with E-state index in [4.69, 9.17) is 0 Å². The number of urea groups is 1. The molecule has 10 heteroatoms. The van der Waals surface area contributed by atoms with Crippen LogP contribution in [0.5, 0.6) is 0 Å². The van der Waals surface area contributed by atoms with Crippen LogP contribution in [0.3, 0.4) is 0 Å². The molecule has 0 radical (unpaired) electrons. The van der Waals surface area contributed by atoms with E-state index in [9.17, 15) is 27.2 Å². The zero-order valence-electron chi connectivity index (χ0n) is 17.4. The Kier molecular flexibility index (Phi) is 7.74.